The molecule has 0 fully saturated rings. The van der Waals surface area contributed by atoms with Crippen LogP contribution in [0.5, 0.6) is 0 Å². The van der Waals surface area contributed by atoms with Crippen LogP contribution in [-0.4, -0.2) is 36.6 Å². The molecule has 3 nitrogen and oxygen atoms in total. The molecule has 0 radical (unpaired) electrons. The molecule has 2 aromatic carbocycles. The Morgan fingerprint density at radius 2 is 1.75 bits per heavy atom. The van der Waals surface area contributed by atoms with Gasteiger partial charge in [0.1, 0.15) is 5.82 Å². The lowest BCUT2D eigenvalue weighted by Crippen LogP contribution is -2.17. The smallest absolute Gasteiger partial charge is 0.335 e. The molecule has 0 spiro atoms. The van der Waals surface area contributed by atoms with Gasteiger partial charge in [0.15, 0.2) is 0 Å². The zero-order valence-corrected chi connectivity index (χ0v) is 14.7. The van der Waals surface area contributed by atoms with Gasteiger partial charge < -0.3 is 10.0 Å². The molecule has 0 aliphatic rings. The van der Waals surface area contributed by atoms with E-state index < -0.39 is 5.97 Å². The highest BCUT2D eigenvalue weighted by atomic mass is 35.5. The topological polar surface area (TPSA) is 40.5 Å². The zero-order chi connectivity index (χ0) is 16.8. The molecule has 24 heavy (non-hydrogen) atoms. The van der Waals surface area contributed by atoms with Gasteiger partial charge >= 0.3 is 5.97 Å². The summed E-state index contributed by atoms with van der Waals surface area (Å²) in [6.45, 7) is 0.886. The second-order valence-electron chi connectivity index (χ2n) is 6.01. The van der Waals surface area contributed by atoms with Crippen LogP contribution < -0.4 is 0 Å². The number of carbonyl (C=O) groups is 1. The van der Waals surface area contributed by atoms with E-state index in [0.717, 1.165) is 24.1 Å². The van der Waals surface area contributed by atoms with Gasteiger partial charge in [0, 0.05) is 0 Å². The maximum atomic E-state index is 13.2. The third kappa shape index (κ3) is 5.62. The minimum atomic E-state index is -0.911. The quantitative estimate of drug-likeness (QED) is 0.811. The molecule has 130 valence electrons. The van der Waals surface area contributed by atoms with Crippen LogP contribution in [0.2, 0.25) is 0 Å². The van der Waals surface area contributed by atoms with Crippen molar-refractivity contribution in [3.8, 4) is 0 Å². The van der Waals surface area contributed by atoms with Gasteiger partial charge in [-0.15, -0.1) is 12.4 Å². The van der Waals surface area contributed by atoms with Crippen molar-refractivity contribution in [3.05, 3.63) is 71.0 Å². The summed E-state index contributed by atoms with van der Waals surface area (Å²) < 4.78 is 13.2. The van der Waals surface area contributed by atoms with Crippen molar-refractivity contribution in [1.29, 1.82) is 0 Å². The first kappa shape index (κ1) is 20.1. The number of benzene rings is 2. The van der Waals surface area contributed by atoms with Crippen LogP contribution in [0.25, 0.3) is 0 Å². The summed E-state index contributed by atoms with van der Waals surface area (Å²) >= 11 is 0. The van der Waals surface area contributed by atoms with Crippen LogP contribution in [0.4, 0.5) is 4.39 Å². The maximum absolute atomic E-state index is 13.2. The van der Waals surface area contributed by atoms with Crippen LogP contribution in [0, 0.1) is 5.82 Å². The Kier molecular flexibility index (Phi) is 7.89. The molecular formula is C19H23ClFNO2. The highest BCUT2D eigenvalue weighted by molar-refractivity contribution is 5.89. The molecule has 2 rings (SSSR count). The third-order valence-electron chi connectivity index (χ3n) is 3.98. The molecule has 1 atom stereocenters. The van der Waals surface area contributed by atoms with Crippen molar-refractivity contribution in [3.63, 3.8) is 0 Å². The Morgan fingerprint density at radius 1 is 1.12 bits per heavy atom. The molecule has 0 amide bonds. The van der Waals surface area contributed by atoms with Crippen LogP contribution in [0.15, 0.2) is 48.5 Å². The number of hydrogen-bond acceptors (Lipinski definition) is 2. The Labute approximate surface area is 148 Å². The van der Waals surface area contributed by atoms with E-state index in [1.165, 1.54) is 12.1 Å². The van der Waals surface area contributed by atoms with Gasteiger partial charge in [-0.05, 0) is 68.7 Å². The van der Waals surface area contributed by atoms with E-state index in [1.54, 1.807) is 24.3 Å². The monoisotopic (exact) mass is 351 g/mol. The second-order valence-corrected chi connectivity index (χ2v) is 6.01. The van der Waals surface area contributed by atoms with Crippen LogP contribution in [-0.2, 0) is 6.42 Å². The lowest BCUT2D eigenvalue weighted by Gasteiger charge is -2.21. The predicted molar refractivity (Wildman–Crippen MR) is 96.7 cm³/mol. The molecule has 5 heteroatoms. The predicted octanol–water partition coefficient (Wildman–Crippen LogP) is 4.22. The normalized spacial score (nSPS) is 11.8. The summed E-state index contributed by atoms with van der Waals surface area (Å²) in [4.78, 5) is 13.5. The molecule has 0 heterocycles. The van der Waals surface area contributed by atoms with E-state index in [9.17, 15) is 14.3 Å². The molecule has 0 saturated heterocycles. The van der Waals surface area contributed by atoms with Gasteiger partial charge in [0.2, 0.25) is 0 Å². The molecule has 1 N–H and O–H groups in total. The highest BCUT2D eigenvalue weighted by Crippen LogP contribution is 2.26. The van der Waals surface area contributed by atoms with Gasteiger partial charge in [-0.2, -0.15) is 0 Å². The zero-order valence-electron chi connectivity index (χ0n) is 13.9. The molecule has 1 unspecified atom stereocenters. The van der Waals surface area contributed by atoms with Gasteiger partial charge in [0.25, 0.3) is 0 Å². The fourth-order valence-electron chi connectivity index (χ4n) is 2.71. The first-order chi connectivity index (χ1) is 11.0. The van der Waals surface area contributed by atoms with E-state index >= 15 is 0 Å². The fraction of sp³-hybridized carbons (Fsp3) is 0.316. The molecule has 0 saturated carbocycles. The summed E-state index contributed by atoms with van der Waals surface area (Å²) in [5, 5.41) is 9.35. The second kappa shape index (κ2) is 9.40. The average molecular weight is 352 g/mol. The molecule has 0 bridgehead atoms. The van der Waals surface area contributed by atoms with Crippen molar-refractivity contribution < 1.29 is 14.3 Å². The number of carboxylic acid groups (broad SMARTS) is 1. The Hall–Kier alpha value is -1.91. The van der Waals surface area contributed by atoms with E-state index in [4.69, 9.17) is 0 Å². The number of carboxylic acids is 1. The first-order valence-corrected chi connectivity index (χ1v) is 7.68. The average Bonchev–Trinajstić information content (AvgIpc) is 2.52. The molecular weight excluding hydrogens is 329 g/mol. The van der Waals surface area contributed by atoms with Crippen molar-refractivity contribution in [2.75, 3.05) is 20.6 Å². The van der Waals surface area contributed by atoms with Crippen molar-refractivity contribution in [1.82, 2.24) is 4.90 Å². The van der Waals surface area contributed by atoms with Crippen molar-refractivity contribution >= 4 is 18.4 Å². The minimum Gasteiger partial charge on any atom is -0.478 e. The van der Waals surface area contributed by atoms with Gasteiger partial charge in [-0.25, -0.2) is 9.18 Å². The highest BCUT2D eigenvalue weighted by Gasteiger charge is 2.17. The first-order valence-electron chi connectivity index (χ1n) is 7.68. The number of nitrogens with zero attached hydrogens (tertiary/aromatic N) is 1. The van der Waals surface area contributed by atoms with E-state index in [0.29, 0.717) is 12.0 Å². The Balaban J connectivity index is 0.00000288. The van der Waals surface area contributed by atoms with Crippen molar-refractivity contribution in [2.24, 2.45) is 0 Å². The molecule has 2 aromatic rings. The van der Waals surface area contributed by atoms with Gasteiger partial charge in [-0.3, -0.25) is 0 Å². The Morgan fingerprint density at radius 3 is 2.33 bits per heavy atom. The lowest BCUT2D eigenvalue weighted by atomic mass is 9.87. The SMILES string of the molecule is CN(C)CCC(Cc1ccccc1C(=O)O)c1ccc(F)cc1.Cl. The summed E-state index contributed by atoms with van der Waals surface area (Å²) in [7, 11) is 4.01. The number of hydrogen-bond donors (Lipinski definition) is 1. The third-order valence-corrected chi connectivity index (χ3v) is 3.98. The number of aromatic carboxylic acids is 1. The van der Waals surface area contributed by atoms with E-state index in [1.807, 2.05) is 26.2 Å². The lowest BCUT2D eigenvalue weighted by molar-refractivity contribution is 0.0695. The molecule has 0 aromatic heterocycles. The summed E-state index contributed by atoms with van der Waals surface area (Å²) in [6, 6.07) is 13.6. The van der Waals surface area contributed by atoms with E-state index in [2.05, 4.69) is 4.90 Å². The molecule has 0 aliphatic carbocycles. The minimum absolute atomic E-state index is 0. The van der Waals surface area contributed by atoms with Crippen LogP contribution in [0.3, 0.4) is 0 Å². The summed E-state index contributed by atoms with van der Waals surface area (Å²) in [5.41, 5.74) is 2.19. The number of rotatable bonds is 7. The van der Waals surface area contributed by atoms with Gasteiger partial charge in [0.05, 0.1) is 5.56 Å². The number of halogens is 2. The standard InChI is InChI=1S/C19H22FNO2.ClH/c1-21(2)12-11-15(14-7-9-17(20)10-8-14)13-16-5-3-4-6-18(16)19(22)23;/h3-10,15H,11-13H2,1-2H3,(H,22,23);1H. The van der Waals surface area contributed by atoms with Crippen LogP contribution in [0.1, 0.15) is 33.8 Å². The van der Waals surface area contributed by atoms with Gasteiger partial charge in [-0.1, -0.05) is 30.3 Å². The Bertz CT molecular complexity index is 659. The maximum Gasteiger partial charge on any atom is 0.335 e. The van der Waals surface area contributed by atoms with Crippen LogP contribution >= 0.6 is 12.4 Å². The fourth-order valence-corrected chi connectivity index (χ4v) is 2.71. The van der Waals surface area contributed by atoms with Crippen molar-refractivity contribution in [2.45, 2.75) is 18.8 Å². The summed E-state index contributed by atoms with van der Waals surface area (Å²) in [5.74, 6) is -1.02. The molecule has 0 aliphatic heterocycles. The largest absolute Gasteiger partial charge is 0.478 e. The van der Waals surface area contributed by atoms with E-state index in [-0.39, 0.29) is 24.1 Å². The summed E-state index contributed by atoms with van der Waals surface area (Å²) in [6.07, 6.45) is 1.51.